The molecule has 1 aromatic rings. The van der Waals surface area contributed by atoms with Crippen molar-refractivity contribution in [2.24, 2.45) is 11.6 Å². The highest BCUT2D eigenvalue weighted by molar-refractivity contribution is 8.03. The van der Waals surface area contributed by atoms with Crippen molar-refractivity contribution < 1.29 is 12.6 Å². The summed E-state index contributed by atoms with van der Waals surface area (Å²) in [7, 11) is -3.78. The predicted octanol–water partition coefficient (Wildman–Crippen LogP) is 2.10. The van der Waals surface area contributed by atoms with Crippen LogP contribution in [-0.4, -0.2) is 25.5 Å². The van der Waals surface area contributed by atoms with E-state index in [1.54, 1.807) is 13.8 Å². The first kappa shape index (κ1) is 18.3. The largest absolute Gasteiger partial charge is 0.301 e. The lowest BCUT2D eigenvalue weighted by molar-refractivity contribution is 0.320. The first-order chi connectivity index (χ1) is 10.6. The first-order valence-electron chi connectivity index (χ1n) is 7.26. The minimum Gasteiger partial charge on any atom is -0.301 e. The van der Waals surface area contributed by atoms with Gasteiger partial charge >= 0.3 is 0 Å². The second-order valence-corrected chi connectivity index (χ2v) is 8.44. The van der Waals surface area contributed by atoms with E-state index in [0.717, 1.165) is 16.2 Å². The molecule has 1 aliphatic heterocycles. The van der Waals surface area contributed by atoms with Gasteiger partial charge in [-0.1, -0.05) is 29.5 Å². The standard InChI is InChI=1S/C15H23N3O3S2/c1-9-7-10(2)14(11(3)8-9)23(19,20)21-6-5-13-12(4)18(17)15(16)22-13/h7-8,15H,5-6,16-17H2,1-4H3. The number of hydrogen-bond acceptors (Lipinski definition) is 7. The number of hydrogen-bond donors (Lipinski definition) is 2. The third kappa shape index (κ3) is 3.89. The predicted molar refractivity (Wildman–Crippen MR) is 92.7 cm³/mol. The number of benzene rings is 1. The molecule has 0 saturated carbocycles. The molecule has 0 radical (unpaired) electrons. The van der Waals surface area contributed by atoms with Crippen LogP contribution in [0.1, 0.15) is 30.0 Å². The number of hydrazine groups is 1. The fourth-order valence-electron chi connectivity index (χ4n) is 2.73. The van der Waals surface area contributed by atoms with Gasteiger partial charge in [0, 0.05) is 17.0 Å². The van der Waals surface area contributed by atoms with Crippen LogP contribution in [0.2, 0.25) is 0 Å². The van der Waals surface area contributed by atoms with Crippen LogP contribution in [0.25, 0.3) is 0 Å². The molecule has 1 aliphatic rings. The van der Waals surface area contributed by atoms with E-state index in [0.29, 0.717) is 17.5 Å². The van der Waals surface area contributed by atoms with Crippen molar-refractivity contribution in [2.45, 2.75) is 44.5 Å². The van der Waals surface area contributed by atoms with Crippen molar-refractivity contribution in [3.05, 3.63) is 39.4 Å². The van der Waals surface area contributed by atoms with Gasteiger partial charge in [-0.15, -0.1) is 0 Å². The molecule has 0 bridgehead atoms. The zero-order chi connectivity index (χ0) is 17.4. The number of nitrogens with two attached hydrogens (primary N) is 2. The summed E-state index contributed by atoms with van der Waals surface area (Å²) in [6, 6.07) is 3.68. The number of allylic oxidation sites excluding steroid dienone is 1. The van der Waals surface area contributed by atoms with Gasteiger partial charge in [-0.25, -0.2) is 5.84 Å². The van der Waals surface area contributed by atoms with Crippen LogP contribution in [-0.2, 0) is 14.3 Å². The molecule has 0 aliphatic carbocycles. The topological polar surface area (TPSA) is 98.6 Å². The maximum Gasteiger partial charge on any atom is 0.297 e. The minimum absolute atomic E-state index is 0.0648. The van der Waals surface area contributed by atoms with Crippen molar-refractivity contribution in [3.8, 4) is 0 Å². The van der Waals surface area contributed by atoms with Crippen LogP contribution in [0.5, 0.6) is 0 Å². The molecule has 1 atom stereocenters. The Bertz CT molecular complexity index is 721. The molecule has 0 spiro atoms. The maximum atomic E-state index is 12.5. The van der Waals surface area contributed by atoms with E-state index in [9.17, 15) is 8.42 Å². The number of thioether (sulfide) groups is 1. The van der Waals surface area contributed by atoms with E-state index in [-0.39, 0.29) is 17.0 Å². The van der Waals surface area contributed by atoms with Crippen molar-refractivity contribution >= 4 is 21.9 Å². The van der Waals surface area contributed by atoms with Gasteiger partial charge in [0.05, 0.1) is 11.5 Å². The molecule has 6 nitrogen and oxygen atoms in total. The Morgan fingerprint density at radius 2 is 1.78 bits per heavy atom. The van der Waals surface area contributed by atoms with E-state index in [1.165, 1.54) is 16.8 Å². The molecule has 1 aromatic carbocycles. The lowest BCUT2D eigenvalue weighted by Gasteiger charge is -2.16. The molecule has 0 fully saturated rings. The monoisotopic (exact) mass is 357 g/mol. The molecule has 0 aromatic heterocycles. The van der Waals surface area contributed by atoms with Gasteiger partial charge in [-0.3, -0.25) is 9.19 Å². The van der Waals surface area contributed by atoms with Crippen molar-refractivity contribution in [3.63, 3.8) is 0 Å². The van der Waals surface area contributed by atoms with Crippen LogP contribution in [0, 0.1) is 20.8 Å². The number of rotatable bonds is 5. The molecule has 128 valence electrons. The Kier molecular flexibility index (Phi) is 5.42. The molecular weight excluding hydrogens is 334 g/mol. The molecule has 4 N–H and O–H groups in total. The zero-order valence-corrected chi connectivity index (χ0v) is 15.4. The molecular formula is C15H23N3O3S2. The molecule has 2 rings (SSSR count). The minimum atomic E-state index is -3.78. The van der Waals surface area contributed by atoms with Crippen LogP contribution in [0.15, 0.2) is 27.6 Å². The average Bonchev–Trinajstić information content (AvgIpc) is 2.64. The van der Waals surface area contributed by atoms with E-state index in [1.807, 2.05) is 26.0 Å². The van der Waals surface area contributed by atoms with Crippen molar-refractivity contribution in [1.82, 2.24) is 5.01 Å². The maximum absolute atomic E-state index is 12.5. The van der Waals surface area contributed by atoms with Gasteiger partial charge in [0.15, 0.2) is 0 Å². The third-order valence-electron chi connectivity index (χ3n) is 3.75. The smallest absolute Gasteiger partial charge is 0.297 e. The van der Waals surface area contributed by atoms with Crippen molar-refractivity contribution in [2.75, 3.05) is 6.61 Å². The number of aryl methyl sites for hydroxylation is 3. The van der Waals surface area contributed by atoms with Gasteiger partial charge in [0.1, 0.15) is 5.50 Å². The summed E-state index contributed by atoms with van der Waals surface area (Å²) < 4.78 is 30.2. The highest BCUT2D eigenvalue weighted by atomic mass is 32.2. The highest BCUT2D eigenvalue weighted by Crippen LogP contribution is 2.35. The zero-order valence-electron chi connectivity index (χ0n) is 13.8. The lowest BCUT2D eigenvalue weighted by atomic mass is 10.1. The van der Waals surface area contributed by atoms with Crippen LogP contribution in [0.4, 0.5) is 0 Å². The summed E-state index contributed by atoms with van der Waals surface area (Å²) in [5, 5.41) is 1.47. The lowest BCUT2D eigenvalue weighted by Crippen LogP contribution is -2.39. The summed E-state index contributed by atoms with van der Waals surface area (Å²) in [5.41, 5.74) is 8.77. The third-order valence-corrected chi connectivity index (χ3v) is 6.62. The first-order valence-corrected chi connectivity index (χ1v) is 9.55. The van der Waals surface area contributed by atoms with E-state index in [4.69, 9.17) is 15.8 Å². The summed E-state index contributed by atoms with van der Waals surface area (Å²) in [5.74, 6) is 5.79. The summed E-state index contributed by atoms with van der Waals surface area (Å²) >= 11 is 1.42. The molecule has 0 amide bonds. The molecule has 1 heterocycles. The quantitative estimate of drug-likeness (QED) is 0.615. The summed E-state index contributed by atoms with van der Waals surface area (Å²) in [6.45, 7) is 7.42. The van der Waals surface area contributed by atoms with Crippen LogP contribution < -0.4 is 11.6 Å². The molecule has 23 heavy (non-hydrogen) atoms. The molecule has 8 heteroatoms. The van der Waals surface area contributed by atoms with Crippen LogP contribution >= 0.6 is 11.8 Å². The molecule has 0 saturated heterocycles. The van der Waals surface area contributed by atoms with Gasteiger partial charge in [-0.05, 0) is 38.8 Å². The Morgan fingerprint density at radius 1 is 1.22 bits per heavy atom. The summed E-state index contributed by atoms with van der Waals surface area (Å²) in [6.07, 6.45) is 0.459. The van der Waals surface area contributed by atoms with Gasteiger partial charge < -0.3 is 5.73 Å². The number of nitrogens with zero attached hydrogens (tertiary/aromatic N) is 1. The van der Waals surface area contributed by atoms with Crippen molar-refractivity contribution in [1.29, 1.82) is 0 Å². The Labute approximate surface area is 142 Å². The van der Waals surface area contributed by atoms with Gasteiger partial charge in [0.2, 0.25) is 0 Å². The molecule has 1 unspecified atom stereocenters. The van der Waals surface area contributed by atoms with Gasteiger partial charge in [-0.2, -0.15) is 8.42 Å². The van der Waals surface area contributed by atoms with Gasteiger partial charge in [0.25, 0.3) is 10.1 Å². The SMILES string of the molecule is CC1=C(CCOS(=O)(=O)c2c(C)cc(C)cc2C)SC(N)N1N. The Balaban J connectivity index is 2.09. The Morgan fingerprint density at radius 3 is 2.26 bits per heavy atom. The second kappa shape index (κ2) is 6.82. The van der Waals surface area contributed by atoms with E-state index in [2.05, 4.69) is 0 Å². The van der Waals surface area contributed by atoms with E-state index >= 15 is 0 Å². The average molecular weight is 358 g/mol. The fraction of sp³-hybridized carbons (Fsp3) is 0.467. The normalized spacial score (nSPS) is 18.9. The summed E-state index contributed by atoms with van der Waals surface area (Å²) in [4.78, 5) is 1.21. The van der Waals surface area contributed by atoms with E-state index < -0.39 is 10.1 Å². The fourth-order valence-corrected chi connectivity index (χ4v) is 5.09. The second-order valence-electron chi connectivity index (χ2n) is 5.68. The highest BCUT2D eigenvalue weighted by Gasteiger charge is 2.26. The van der Waals surface area contributed by atoms with Crippen LogP contribution in [0.3, 0.4) is 0 Å². The Hall–Kier alpha value is -1.06.